The maximum Gasteiger partial charge on any atom is 0.325 e. The highest BCUT2D eigenvalue weighted by Gasteiger charge is 2.55. The monoisotopic (exact) mass is 396 g/mol. The van der Waals surface area contributed by atoms with E-state index in [1.54, 1.807) is 23.1 Å². The van der Waals surface area contributed by atoms with Crippen LogP contribution in [-0.4, -0.2) is 49.6 Å². The molecule has 4 amide bonds. The molecular formula is C20H24N6O3. The third kappa shape index (κ3) is 3.72. The summed E-state index contributed by atoms with van der Waals surface area (Å²) in [5.41, 5.74) is 0.763. The van der Waals surface area contributed by atoms with Gasteiger partial charge >= 0.3 is 6.03 Å². The minimum absolute atomic E-state index is 0.0679. The number of aromatic nitrogens is 3. The minimum Gasteiger partial charge on any atom is -0.325 e. The van der Waals surface area contributed by atoms with Crippen LogP contribution in [0, 0.1) is 5.92 Å². The van der Waals surface area contributed by atoms with Gasteiger partial charge in [0.25, 0.3) is 5.91 Å². The molecule has 1 saturated carbocycles. The number of nitrogens with zero attached hydrogens (tertiary/aromatic N) is 4. The standard InChI is InChI=1S/C20H24N6O3/c1-14-4-2-3-9-20(14)18(28)26(19(29)24-20)11-17(27)23-16-7-5-15(6-8-16)10-25-13-21-12-22-25/h5-8,12-14H,2-4,9-11H2,1H3,(H,23,27)(H,24,29)/t14-,20-/m1/s1. The van der Waals surface area contributed by atoms with Crippen LogP contribution in [0.1, 0.15) is 38.2 Å². The zero-order valence-corrected chi connectivity index (χ0v) is 16.3. The van der Waals surface area contributed by atoms with Gasteiger partial charge in [0, 0.05) is 5.69 Å². The van der Waals surface area contributed by atoms with Crippen molar-refractivity contribution in [2.45, 2.75) is 44.7 Å². The second-order valence-corrected chi connectivity index (χ2v) is 7.78. The molecule has 1 aliphatic carbocycles. The Hall–Kier alpha value is -3.23. The second kappa shape index (κ2) is 7.65. The van der Waals surface area contributed by atoms with E-state index in [9.17, 15) is 14.4 Å². The largest absolute Gasteiger partial charge is 0.325 e. The molecule has 4 rings (SSSR count). The third-order valence-electron chi connectivity index (χ3n) is 5.85. The predicted molar refractivity (Wildman–Crippen MR) is 105 cm³/mol. The number of amides is 4. The zero-order valence-electron chi connectivity index (χ0n) is 16.3. The SMILES string of the molecule is C[C@@H]1CCCC[C@@]12NC(=O)N(CC(=O)Nc1ccc(Cn3cncn3)cc1)C2=O. The van der Waals surface area contributed by atoms with Crippen LogP contribution in [-0.2, 0) is 16.1 Å². The summed E-state index contributed by atoms with van der Waals surface area (Å²) in [6.07, 6.45) is 6.59. The fourth-order valence-electron chi connectivity index (χ4n) is 4.18. The maximum absolute atomic E-state index is 12.9. The topological polar surface area (TPSA) is 109 Å². The summed E-state index contributed by atoms with van der Waals surface area (Å²) in [6, 6.07) is 6.83. The van der Waals surface area contributed by atoms with Crippen molar-refractivity contribution in [3.63, 3.8) is 0 Å². The van der Waals surface area contributed by atoms with Gasteiger partial charge in [0.05, 0.1) is 6.54 Å². The summed E-state index contributed by atoms with van der Waals surface area (Å²) >= 11 is 0. The van der Waals surface area contributed by atoms with Crippen LogP contribution in [0.3, 0.4) is 0 Å². The van der Waals surface area contributed by atoms with Crippen LogP contribution >= 0.6 is 0 Å². The molecule has 9 heteroatoms. The zero-order chi connectivity index (χ0) is 20.4. The quantitative estimate of drug-likeness (QED) is 0.749. The first kappa shape index (κ1) is 19.1. The highest BCUT2D eigenvalue weighted by molar-refractivity contribution is 6.10. The lowest BCUT2D eigenvalue weighted by atomic mass is 9.73. The summed E-state index contributed by atoms with van der Waals surface area (Å²) in [6.45, 7) is 2.28. The van der Waals surface area contributed by atoms with Gasteiger partial charge in [-0.25, -0.2) is 14.5 Å². The number of hydrogen-bond donors (Lipinski definition) is 2. The number of nitrogens with one attached hydrogen (secondary N) is 2. The Bertz CT molecular complexity index is 911. The first-order valence-electron chi connectivity index (χ1n) is 9.83. The van der Waals surface area contributed by atoms with Crippen molar-refractivity contribution in [1.29, 1.82) is 0 Å². The Balaban J connectivity index is 1.37. The minimum atomic E-state index is -0.849. The Morgan fingerprint density at radius 2 is 2.07 bits per heavy atom. The van der Waals surface area contributed by atoms with Gasteiger partial charge < -0.3 is 10.6 Å². The van der Waals surface area contributed by atoms with E-state index in [0.29, 0.717) is 18.7 Å². The van der Waals surface area contributed by atoms with Gasteiger partial charge in [-0.15, -0.1) is 0 Å². The Kier molecular flexibility index (Phi) is 5.04. The summed E-state index contributed by atoms with van der Waals surface area (Å²) in [5, 5.41) is 9.67. The van der Waals surface area contributed by atoms with Gasteiger partial charge in [0.15, 0.2) is 0 Å². The van der Waals surface area contributed by atoms with Crippen LogP contribution in [0.25, 0.3) is 0 Å². The van der Waals surface area contributed by atoms with Gasteiger partial charge in [-0.2, -0.15) is 5.10 Å². The van der Waals surface area contributed by atoms with Gasteiger partial charge in [-0.1, -0.05) is 31.9 Å². The average Bonchev–Trinajstić information content (AvgIpc) is 3.29. The van der Waals surface area contributed by atoms with Gasteiger partial charge in [-0.3, -0.25) is 14.5 Å². The molecule has 1 aromatic heterocycles. The molecule has 0 bridgehead atoms. The van der Waals surface area contributed by atoms with Crippen molar-refractivity contribution in [3.05, 3.63) is 42.5 Å². The summed E-state index contributed by atoms with van der Waals surface area (Å²) < 4.78 is 1.70. The number of anilines is 1. The van der Waals surface area contributed by atoms with E-state index in [4.69, 9.17) is 0 Å². The van der Waals surface area contributed by atoms with E-state index in [-0.39, 0.29) is 18.4 Å². The van der Waals surface area contributed by atoms with E-state index < -0.39 is 17.5 Å². The smallest absolute Gasteiger partial charge is 0.325 e. The van der Waals surface area contributed by atoms with Crippen LogP contribution in [0.2, 0.25) is 0 Å². The van der Waals surface area contributed by atoms with Crippen LogP contribution in [0.5, 0.6) is 0 Å². The molecule has 1 aliphatic heterocycles. The van der Waals surface area contributed by atoms with Crippen LogP contribution < -0.4 is 10.6 Å². The molecule has 0 unspecified atom stereocenters. The van der Waals surface area contributed by atoms with Crippen molar-refractivity contribution in [2.24, 2.45) is 5.92 Å². The number of benzene rings is 1. The van der Waals surface area contributed by atoms with E-state index >= 15 is 0 Å². The second-order valence-electron chi connectivity index (χ2n) is 7.78. The molecule has 2 atom stereocenters. The highest BCUT2D eigenvalue weighted by Crippen LogP contribution is 2.38. The number of rotatable bonds is 5. The number of urea groups is 1. The first-order chi connectivity index (χ1) is 14.0. The first-order valence-corrected chi connectivity index (χ1v) is 9.83. The Morgan fingerprint density at radius 1 is 1.28 bits per heavy atom. The predicted octanol–water partition coefficient (Wildman–Crippen LogP) is 1.77. The van der Waals surface area contributed by atoms with Crippen molar-refractivity contribution in [1.82, 2.24) is 25.0 Å². The molecule has 29 heavy (non-hydrogen) atoms. The van der Waals surface area contributed by atoms with Gasteiger partial charge in [-0.05, 0) is 36.5 Å². The molecule has 2 aromatic rings. The highest BCUT2D eigenvalue weighted by atomic mass is 16.2. The van der Waals surface area contributed by atoms with Crippen LogP contribution in [0.15, 0.2) is 36.9 Å². The van der Waals surface area contributed by atoms with Gasteiger partial charge in [0.1, 0.15) is 24.7 Å². The molecule has 2 aliphatic rings. The lowest BCUT2D eigenvalue weighted by molar-refractivity contribution is -0.136. The number of imide groups is 1. The molecule has 0 radical (unpaired) electrons. The molecule has 2 heterocycles. The lowest BCUT2D eigenvalue weighted by Crippen LogP contribution is -2.54. The lowest BCUT2D eigenvalue weighted by Gasteiger charge is -2.36. The van der Waals surface area contributed by atoms with Crippen molar-refractivity contribution >= 4 is 23.5 Å². The van der Waals surface area contributed by atoms with E-state index in [2.05, 4.69) is 20.7 Å². The molecule has 9 nitrogen and oxygen atoms in total. The molecule has 2 fully saturated rings. The van der Waals surface area contributed by atoms with Crippen molar-refractivity contribution < 1.29 is 14.4 Å². The molecule has 1 saturated heterocycles. The number of carbonyl (C=O) groups is 3. The normalized spacial score (nSPS) is 24.0. The fraction of sp³-hybridized carbons (Fsp3) is 0.450. The molecule has 152 valence electrons. The molecule has 1 spiro atoms. The van der Waals surface area contributed by atoms with Crippen molar-refractivity contribution in [3.8, 4) is 0 Å². The molecule has 2 N–H and O–H groups in total. The van der Waals surface area contributed by atoms with E-state index in [1.165, 1.54) is 6.33 Å². The Labute approximate surface area is 168 Å². The van der Waals surface area contributed by atoms with E-state index in [0.717, 1.165) is 29.7 Å². The summed E-state index contributed by atoms with van der Waals surface area (Å²) in [7, 11) is 0. The van der Waals surface area contributed by atoms with Crippen molar-refractivity contribution in [2.75, 3.05) is 11.9 Å². The number of carbonyl (C=O) groups excluding carboxylic acids is 3. The van der Waals surface area contributed by atoms with E-state index in [1.807, 2.05) is 19.1 Å². The summed E-state index contributed by atoms with van der Waals surface area (Å²) in [5.74, 6) is -0.621. The number of hydrogen-bond acceptors (Lipinski definition) is 5. The molecule has 1 aromatic carbocycles. The van der Waals surface area contributed by atoms with Gasteiger partial charge in [0.2, 0.25) is 5.91 Å². The molecular weight excluding hydrogens is 372 g/mol. The average molecular weight is 396 g/mol. The Morgan fingerprint density at radius 3 is 2.76 bits per heavy atom. The summed E-state index contributed by atoms with van der Waals surface area (Å²) in [4.78, 5) is 42.7. The van der Waals surface area contributed by atoms with Crippen LogP contribution in [0.4, 0.5) is 10.5 Å². The third-order valence-corrected chi connectivity index (χ3v) is 5.85. The fourth-order valence-corrected chi connectivity index (χ4v) is 4.18. The maximum atomic E-state index is 12.9.